The van der Waals surface area contributed by atoms with Crippen LogP contribution in [0.25, 0.3) is 0 Å². The summed E-state index contributed by atoms with van der Waals surface area (Å²) in [6, 6.07) is 13.0. The highest BCUT2D eigenvalue weighted by Crippen LogP contribution is 2.20. The minimum atomic E-state index is -3.73. The van der Waals surface area contributed by atoms with E-state index in [0.29, 0.717) is 17.8 Å². The van der Waals surface area contributed by atoms with Crippen molar-refractivity contribution < 1.29 is 13.2 Å². The van der Waals surface area contributed by atoms with Gasteiger partial charge in [0.05, 0.1) is 16.1 Å². The first kappa shape index (κ1) is 23.9. The first-order chi connectivity index (χ1) is 12.6. The van der Waals surface area contributed by atoms with Gasteiger partial charge in [0.2, 0.25) is 0 Å². The Balaban J connectivity index is 0.00000392. The van der Waals surface area contributed by atoms with Crippen LogP contribution in [0.15, 0.2) is 53.4 Å². The zero-order chi connectivity index (χ0) is 20.2. The number of halogens is 1. The number of para-hydroxylation sites is 1. The summed E-state index contributed by atoms with van der Waals surface area (Å²) in [6.45, 7) is 8.00. The molecule has 0 saturated heterocycles. The van der Waals surface area contributed by atoms with Gasteiger partial charge in [0.1, 0.15) is 0 Å². The highest BCUT2D eigenvalue weighted by atomic mass is 35.5. The lowest BCUT2D eigenvalue weighted by atomic mass is 9.88. The van der Waals surface area contributed by atoms with E-state index in [1.165, 1.54) is 24.3 Å². The number of nitrogens with one attached hydrogen (secondary N) is 2. The fraction of sp³-hybridized carbons (Fsp3) is 0.350. The lowest BCUT2D eigenvalue weighted by molar-refractivity contribution is 0.0883. The SMILES string of the molecule is Cc1ccccc1NS(=O)(=O)c1ccc(C(=O)NC(C)(CN)C(C)C)cc1.Cl. The van der Waals surface area contributed by atoms with E-state index in [2.05, 4.69) is 10.0 Å². The molecule has 6 nitrogen and oxygen atoms in total. The van der Waals surface area contributed by atoms with Crippen molar-refractivity contribution >= 4 is 34.0 Å². The van der Waals surface area contributed by atoms with Crippen molar-refractivity contribution in [3.8, 4) is 0 Å². The Kier molecular flexibility index (Phi) is 8.05. The molecule has 2 rings (SSSR count). The van der Waals surface area contributed by atoms with Gasteiger partial charge in [0, 0.05) is 12.1 Å². The third kappa shape index (κ3) is 5.47. The Labute approximate surface area is 173 Å². The van der Waals surface area contributed by atoms with Crippen molar-refractivity contribution in [2.45, 2.75) is 38.1 Å². The van der Waals surface area contributed by atoms with E-state index in [0.717, 1.165) is 5.56 Å². The molecule has 1 unspecified atom stereocenters. The average molecular weight is 426 g/mol. The maximum Gasteiger partial charge on any atom is 0.261 e. The summed E-state index contributed by atoms with van der Waals surface area (Å²) in [5, 5.41) is 2.94. The van der Waals surface area contributed by atoms with Crippen LogP contribution in [-0.2, 0) is 10.0 Å². The number of rotatable bonds is 7. The van der Waals surface area contributed by atoms with Crippen molar-refractivity contribution in [1.82, 2.24) is 5.32 Å². The van der Waals surface area contributed by atoms with Gasteiger partial charge in [-0.05, 0) is 55.7 Å². The Morgan fingerprint density at radius 3 is 2.18 bits per heavy atom. The summed E-state index contributed by atoms with van der Waals surface area (Å²) >= 11 is 0. The summed E-state index contributed by atoms with van der Waals surface area (Å²) in [5.41, 5.74) is 6.99. The maximum atomic E-state index is 12.6. The smallest absolute Gasteiger partial charge is 0.261 e. The van der Waals surface area contributed by atoms with E-state index < -0.39 is 15.6 Å². The predicted octanol–water partition coefficient (Wildman–Crippen LogP) is 3.32. The second kappa shape index (κ2) is 9.41. The van der Waals surface area contributed by atoms with E-state index in [9.17, 15) is 13.2 Å². The zero-order valence-corrected chi connectivity index (χ0v) is 18.2. The van der Waals surface area contributed by atoms with Crippen molar-refractivity contribution in [3.63, 3.8) is 0 Å². The molecule has 0 bridgehead atoms. The highest BCUT2D eigenvalue weighted by molar-refractivity contribution is 7.92. The van der Waals surface area contributed by atoms with Crippen LogP contribution < -0.4 is 15.8 Å². The molecule has 154 valence electrons. The van der Waals surface area contributed by atoms with Crippen molar-refractivity contribution in [2.75, 3.05) is 11.3 Å². The normalized spacial score (nSPS) is 13.4. The number of hydrogen-bond donors (Lipinski definition) is 3. The summed E-state index contributed by atoms with van der Waals surface area (Å²) in [5.74, 6) is -0.128. The van der Waals surface area contributed by atoms with Gasteiger partial charge in [-0.2, -0.15) is 0 Å². The first-order valence-electron chi connectivity index (χ1n) is 8.80. The number of aryl methyl sites for hydroxylation is 1. The van der Waals surface area contributed by atoms with Gasteiger partial charge >= 0.3 is 0 Å². The van der Waals surface area contributed by atoms with E-state index in [-0.39, 0.29) is 29.1 Å². The molecule has 0 saturated carbocycles. The van der Waals surface area contributed by atoms with Crippen LogP contribution >= 0.6 is 12.4 Å². The fourth-order valence-corrected chi connectivity index (χ4v) is 3.57. The molecule has 0 radical (unpaired) electrons. The van der Waals surface area contributed by atoms with Gasteiger partial charge in [0.15, 0.2) is 0 Å². The topological polar surface area (TPSA) is 101 Å². The van der Waals surface area contributed by atoms with Crippen LogP contribution in [0.3, 0.4) is 0 Å². The molecule has 1 atom stereocenters. The van der Waals surface area contributed by atoms with Gasteiger partial charge in [-0.15, -0.1) is 12.4 Å². The second-order valence-electron chi connectivity index (χ2n) is 7.18. The number of carbonyl (C=O) groups excluding carboxylic acids is 1. The van der Waals surface area contributed by atoms with Gasteiger partial charge in [-0.1, -0.05) is 32.0 Å². The molecule has 0 aliphatic heterocycles. The van der Waals surface area contributed by atoms with E-state index in [1.54, 1.807) is 12.1 Å². The van der Waals surface area contributed by atoms with Gasteiger partial charge in [0.25, 0.3) is 15.9 Å². The predicted molar refractivity (Wildman–Crippen MR) is 115 cm³/mol. The Bertz CT molecular complexity index is 915. The van der Waals surface area contributed by atoms with Crippen LogP contribution in [0.5, 0.6) is 0 Å². The quantitative estimate of drug-likeness (QED) is 0.633. The second-order valence-corrected chi connectivity index (χ2v) is 8.86. The minimum absolute atomic E-state index is 0. The summed E-state index contributed by atoms with van der Waals surface area (Å²) in [7, 11) is -3.73. The molecule has 2 aromatic rings. The number of sulfonamides is 1. The Hall–Kier alpha value is -2.09. The molecule has 8 heteroatoms. The van der Waals surface area contributed by atoms with E-state index in [4.69, 9.17) is 5.73 Å². The van der Waals surface area contributed by atoms with Crippen molar-refractivity contribution in [3.05, 3.63) is 59.7 Å². The number of carbonyl (C=O) groups is 1. The lowest BCUT2D eigenvalue weighted by Gasteiger charge is -2.33. The van der Waals surface area contributed by atoms with Crippen LogP contribution in [0.2, 0.25) is 0 Å². The lowest BCUT2D eigenvalue weighted by Crippen LogP contribution is -2.55. The Morgan fingerprint density at radius 1 is 1.11 bits per heavy atom. The largest absolute Gasteiger partial charge is 0.345 e. The minimum Gasteiger partial charge on any atom is -0.345 e. The molecule has 0 fully saturated rings. The maximum absolute atomic E-state index is 12.6. The van der Waals surface area contributed by atoms with Gasteiger partial charge in [-0.3, -0.25) is 9.52 Å². The third-order valence-corrected chi connectivity index (χ3v) is 6.30. The average Bonchev–Trinajstić information content (AvgIpc) is 2.63. The molecule has 0 spiro atoms. The van der Waals surface area contributed by atoms with Crippen molar-refractivity contribution in [1.29, 1.82) is 0 Å². The van der Waals surface area contributed by atoms with Crippen LogP contribution in [-0.4, -0.2) is 26.4 Å². The highest BCUT2D eigenvalue weighted by Gasteiger charge is 2.29. The Morgan fingerprint density at radius 2 is 1.68 bits per heavy atom. The molecule has 28 heavy (non-hydrogen) atoms. The van der Waals surface area contributed by atoms with Gasteiger partial charge in [-0.25, -0.2) is 8.42 Å². The number of benzene rings is 2. The molecular formula is C20H28ClN3O3S. The molecule has 0 aliphatic carbocycles. The number of amides is 1. The molecule has 4 N–H and O–H groups in total. The molecule has 2 aromatic carbocycles. The molecule has 0 aromatic heterocycles. The monoisotopic (exact) mass is 425 g/mol. The number of anilines is 1. The number of nitrogens with two attached hydrogens (primary N) is 1. The molecule has 0 heterocycles. The summed E-state index contributed by atoms with van der Waals surface area (Å²) in [4.78, 5) is 12.6. The zero-order valence-electron chi connectivity index (χ0n) is 16.5. The fourth-order valence-electron chi connectivity index (χ4n) is 2.44. The van der Waals surface area contributed by atoms with E-state index >= 15 is 0 Å². The van der Waals surface area contributed by atoms with Crippen LogP contribution in [0, 0.1) is 12.8 Å². The van der Waals surface area contributed by atoms with Gasteiger partial charge < -0.3 is 11.1 Å². The number of hydrogen-bond acceptors (Lipinski definition) is 4. The molecule has 1 amide bonds. The first-order valence-corrected chi connectivity index (χ1v) is 10.3. The van der Waals surface area contributed by atoms with Crippen LogP contribution in [0.1, 0.15) is 36.7 Å². The van der Waals surface area contributed by atoms with Crippen molar-refractivity contribution in [2.24, 2.45) is 11.7 Å². The summed E-state index contributed by atoms with van der Waals surface area (Å²) in [6.07, 6.45) is 0. The third-order valence-electron chi connectivity index (χ3n) is 4.91. The molecular weight excluding hydrogens is 398 g/mol. The molecule has 0 aliphatic rings. The van der Waals surface area contributed by atoms with E-state index in [1.807, 2.05) is 39.8 Å². The van der Waals surface area contributed by atoms with Crippen LogP contribution in [0.4, 0.5) is 5.69 Å². The standard InChI is InChI=1S/C20H27N3O3S.ClH/c1-14(2)20(4,13-21)22-19(24)16-9-11-17(12-10-16)27(25,26)23-18-8-6-5-7-15(18)3;/h5-12,14,23H,13,21H2,1-4H3,(H,22,24);1H. The summed E-state index contributed by atoms with van der Waals surface area (Å²) < 4.78 is 27.7.